The summed E-state index contributed by atoms with van der Waals surface area (Å²) in [6.07, 6.45) is 0.633. The van der Waals surface area contributed by atoms with Gasteiger partial charge >= 0.3 is 6.09 Å². The molecule has 0 saturated carbocycles. The van der Waals surface area contributed by atoms with E-state index in [1.807, 2.05) is 26.0 Å². The molecular weight excluding hydrogens is 336 g/mol. The van der Waals surface area contributed by atoms with Crippen molar-refractivity contribution in [3.63, 3.8) is 0 Å². The van der Waals surface area contributed by atoms with Gasteiger partial charge in [-0.25, -0.2) is 4.79 Å². The number of hydrogen-bond donors (Lipinski definition) is 2. The first-order valence-electron chi connectivity index (χ1n) is 6.96. The first-order valence-corrected chi connectivity index (χ1v) is 7.76. The number of likely N-dealkylation sites (tertiary alicyclic amines) is 1. The van der Waals surface area contributed by atoms with Crippen LogP contribution in [0, 0.1) is 6.92 Å². The van der Waals surface area contributed by atoms with Crippen LogP contribution in [0.2, 0.25) is 0 Å². The minimum atomic E-state index is -0.929. The molecule has 0 spiro atoms. The fraction of sp³-hybridized carbons (Fsp3) is 0.467. The Kier molecular flexibility index (Phi) is 4.88. The first-order chi connectivity index (χ1) is 9.90. The van der Waals surface area contributed by atoms with Gasteiger partial charge in [0.2, 0.25) is 0 Å². The van der Waals surface area contributed by atoms with Crippen LogP contribution < -0.4 is 5.32 Å². The van der Waals surface area contributed by atoms with E-state index in [9.17, 15) is 9.59 Å². The Bertz CT molecular complexity index is 562. The minimum absolute atomic E-state index is 0.148. The third kappa shape index (κ3) is 3.56. The van der Waals surface area contributed by atoms with E-state index in [1.165, 1.54) is 4.90 Å². The van der Waals surface area contributed by atoms with Gasteiger partial charge in [0.25, 0.3) is 5.91 Å². The Morgan fingerprint density at radius 3 is 2.76 bits per heavy atom. The number of nitrogens with zero attached hydrogens (tertiary/aromatic N) is 1. The second-order valence-corrected chi connectivity index (χ2v) is 6.31. The Morgan fingerprint density at radius 1 is 1.43 bits per heavy atom. The van der Waals surface area contributed by atoms with Crippen molar-refractivity contribution < 1.29 is 14.7 Å². The van der Waals surface area contributed by atoms with Gasteiger partial charge in [-0.05, 0) is 50.5 Å². The van der Waals surface area contributed by atoms with E-state index >= 15 is 0 Å². The van der Waals surface area contributed by atoms with Gasteiger partial charge in [0, 0.05) is 22.6 Å². The summed E-state index contributed by atoms with van der Waals surface area (Å²) < 4.78 is 0.930. The first kappa shape index (κ1) is 15.8. The summed E-state index contributed by atoms with van der Waals surface area (Å²) >= 11 is 3.37. The average Bonchev–Trinajstić information content (AvgIpc) is 2.40. The molecule has 0 aromatic heterocycles. The van der Waals surface area contributed by atoms with Gasteiger partial charge in [-0.1, -0.05) is 15.9 Å². The van der Waals surface area contributed by atoms with E-state index in [0.29, 0.717) is 12.1 Å². The fourth-order valence-electron chi connectivity index (χ4n) is 2.73. The van der Waals surface area contributed by atoms with E-state index in [4.69, 9.17) is 5.11 Å². The minimum Gasteiger partial charge on any atom is -0.465 e. The van der Waals surface area contributed by atoms with Crippen molar-refractivity contribution in [2.75, 3.05) is 6.54 Å². The molecule has 0 bridgehead atoms. The van der Waals surface area contributed by atoms with Crippen LogP contribution in [0.25, 0.3) is 0 Å². The van der Waals surface area contributed by atoms with Gasteiger partial charge in [-0.2, -0.15) is 0 Å². The number of piperidine rings is 1. The highest BCUT2D eigenvalue weighted by atomic mass is 79.9. The lowest BCUT2D eigenvalue weighted by Gasteiger charge is -2.38. The van der Waals surface area contributed by atoms with E-state index in [2.05, 4.69) is 21.2 Å². The maximum Gasteiger partial charge on any atom is 0.407 e. The van der Waals surface area contributed by atoms with E-state index < -0.39 is 6.09 Å². The summed E-state index contributed by atoms with van der Waals surface area (Å²) in [6, 6.07) is 5.14. The quantitative estimate of drug-likeness (QED) is 0.857. The molecule has 5 nitrogen and oxygen atoms in total. The summed E-state index contributed by atoms with van der Waals surface area (Å²) in [7, 11) is 0. The molecule has 2 amide bonds. The molecule has 0 unspecified atom stereocenters. The molecule has 2 rings (SSSR count). The van der Waals surface area contributed by atoms with Crippen molar-refractivity contribution in [2.24, 2.45) is 0 Å². The molecule has 1 heterocycles. The lowest BCUT2D eigenvalue weighted by molar-refractivity contribution is 0.0788. The van der Waals surface area contributed by atoms with Crippen LogP contribution in [0.1, 0.15) is 35.7 Å². The molecule has 21 heavy (non-hydrogen) atoms. The highest BCUT2D eigenvalue weighted by molar-refractivity contribution is 9.10. The molecule has 1 aromatic carbocycles. The molecule has 1 aliphatic heterocycles. The van der Waals surface area contributed by atoms with Gasteiger partial charge in [0.05, 0.1) is 6.04 Å². The zero-order chi connectivity index (χ0) is 15.6. The normalized spacial score (nSPS) is 22.0. The number of nitrogens with one attached hydrogen (secondary N) is 1. The molecule has 2 N–H and O–H groups in total. The zero-order valence-corrected chi connectivity index (χ0v) is 13.7. The Balaban J connectivity index is 2.10. The van der Waals surface area contributed by atoms with Crippen molar-refractivity contribution in [3.05, 3.63) is 33.8 Å². The lowest BCUT2D eigenvalue weighted by Crippen LogP contribution is -2.55. The fourth-order valence-corrected chi connectivity index (χ4v) is 3.21. The van der Waals surface area contributed by atoms with Gasteiger partial charge in [0.1, 0.15) is 0 Å². The average molecular weight is 355 g/mol. The predicted molar refractivity (Wildman–Crippen MR) is 83.6 cm³/mol. The van der Waals surface area contributed by atoms with Crippen LogP contribution in [0.15, 0.2) is 22.7 Å². The number of carboxylic acid groups (broad SMARTS) is 1. The smallest absolute Gasteiger partial charge is 0.407 e. The summed E-state index contributed by atoms with van der Waals surface area (Å²) in [5.41, 5.74) is 1.51. The van der Waals surface area contributed by atoms with Gasteiger partial charge in [-0.15, -0.1) is 0 Å². The Hall–Kier alpha value is -1.56. The Labute approximate surface area is 132 Å². The highest BCUT2D eigenvalue weighted by Crippen LogP contribution is 2.20. The third-order valence-corrected chi connectivity index (χ3v) is 4.48. The number of hydrogen-bond acceptors (Lipinski definition) is 2. The van der Waals surface area contributed by atoms with Crippen molar-refractivity contribution in [2.45, 2.75) is 38.8 Å². The number of benzene rings is 1. The maximum atomic E-state index is 12.4. The number of carbonyl (C=O) groups excluding carboxylic acids is 1. The topological polar surface area (TPSA) is 69.6 Å². The maximum absolute atomic E-state index is 12.4. The van der Waals surface area contributed by atoms with E-state index in [0.717, 1.165) is 22.9 Å². The standard InChI is InChI=1S/C15H19BrN2O3/c1-9-8-11(16)5-6-12(9)14(19)17-13-4-3-7-18(10(13)2)15(20)21/h5-6,8,10,13H,3-4,7H2,1-2H3,(H,17,19)(H,20,21)/t10-,13-/m1/s1. The van der Waals surface area contributed by atoms with E-state index in [1.54, 1.807) is 6.07 Å². The molecule has 0 aliphatic carbocycles. The highest BCUT2D eigenvalue weighted by Gasteiger charge is 2.32. The SMILES string of the molecule is Cc1cc(Br)ccc1C(=O)N[C@@H]1CCCN(C(=O)O)[C@@H]1C. The van der Waals surface area contributed by atoms with Gasteiger partial charge < -0.3 is 15.3 Å². The number of aryl methyl sites for hydroxylation is 1. The largest absolute Gasteiger partial charge is 0.465 e. The summed E-state index contributed by atoms with van der Waals surface area (Å²) in [6.45, 7) is 4.25. The second kappa shape index (κ2) is 6.47. The van der Waals surface area contributed by atoms with Gasteiger partial charge in [-0.3, -0.25) is 4.79 Å². The number of halogens is 1. The van der Waals surface area contributed by atoms with Crippen molar-refractivity contribution >= 4 is 27.9 Å². The lowest BCUT2D eigenvalue weighted by atomic mass is 9.97. The molecule has 1 saturated heterocycles. The molecule has 2 atom stereocenters. The Morgan fingerprint density at radius 2 is 2.14 bits per heavy atom. The van der Waals surface area contributed by atoms with Gasteiger partial charge in [0.15, 0.2) is 0 Å². The van der Waals surface area contributed by atoms with Crippen LogP contribution in [-0.2, 0) is 0 Å². The monoisotopic (exact) mass is 354 g/mol. The van der Waals surface area contributed by atoms with Crippen LogP contribution >= 0.6 is 15.9 Å². The van der Waals surface area contributed by atoms with Crippen molar-refractivity contribution in [1.82, 2.24) is 10.2 Å². The predicted octanol–water partition coefficient (Wildman–Crippen LogP) is 3.02. The molecule has 114 valence electrons. The molecule has 6 heteroatoms. The van der Waals surface area contributed by atoms with E-state index in [-0.39, 0.29) is 18.0 Å². The summed E-state index contributed by atoms with van der Waals surface area (Å²) in [4.78, 5) is 24.9. The van der Waals surface area contributed by atoms with Crippen molar-refractivity contribution in [1.29, 1.82) is 0 Å². The van der Waals surface area contributed by atoms with Crippen LogP contribution in [0.4, 0.5) is 4.79 Å². The zero-order valence-electron chi connectivity index (χ0n) is 12.1. The second-order valence-electron chi connectivity index (χ2n) is 5.40. The molecule has 1 fully saturated rings. The summed E-state index contributed by atoms with van der Waals surface area (Å²) in [5.74, 6) is -0.149. The summed E-state index contributed by atoms with van der Waals surface area (Å²) in [5, 5.41) is 12.1. The third-order valence-electron chi connectivity index (χ3n) is 3.98. The molecular formula is C15H19BrN2O3. The number of carbonyl (C=O) groups is 2. The molecule has 0 radical (unpaired) electrons. The van der Waals surface area contributed by atoms with Crippen LogP contribution in [0.3, 0.4) is 0 Å². The number of rotatable bonds is 2. The van der Waals surface area contributed by atoms with Crippen molar-refractivity contribution in [3.8, 4) is 0 Å². The molecule has 1 aliphatic rings. The number of amides is 2. The molecule has 1 aromatic rings. The van der Waals surface area contributed by atoms with Crippen LogP contribution in [0.5, 0.6) is 0 Å². The van der Waals surface area contributed by atoms with Crippen LogP contribution in [-0.4, -0.2) is 40.6 Å².